The van der Waals surface area contributed by atoms with Crippen LogP contribution in [0.4, 0.5) is 0 Å². The van der Waals surface area contributed by atoms with Crippen molar-refractivity contribution >= 4 is 11.9 Å². The minimum atomic E-state index is -0.246. The lowest BCUT2D eigenvalue weighted by Gasteiger charge is -2.15. The topological polar surface area (TPSA) is 58.6 Å². The van der Waals surface area contributed by atoms with E-state index in [1.807, 2.05) is 11.9 Å². The van der Waals surface area contributed by atoms with E-state index < -0.39 is 0 Å². The molecule has 5 heteroatoms. The van der Waals surface area contributed by atoms with Gasteiger partial charge in [-0.1, -0.05) is 0 Å². The van der Waals surface area contributed by atoms with E-state index in [4.69, 9.17) is 0 Å². The molecule has 0 bridgehead atoms. The number of carbonyl (C=O) groups excluding carboxylic acids is 2. The molecule has 15 heavy (non-hydrogen) atoms. The number of amides is 1. The highest BCUT2D eigenvalue weighted by atomic mass is 16.5. The van der Waals surface area contributed by atoms with Gasteiger partial charge in [0, 0.05) is 12.6 Å². The molecule has 86 valence electrons. The van der Waals surface area contributed by atoms with Crippen LogP contribution < -0.4 is 5.32 Å². The molecule has 0 unspecified atom stereocenters. The molecule has 0 saturated heterocycles. The normalized spacial score (nSPS) is 15.1. The second kappa shape index (κ2) is 5.70. The largest absolute Gasteiger partial charge is 0.469 e. The smallest absolute Gasteiger partial charge is 0.306 e. The third-order valence-electron chi connectivity index (χ3n) is 2.28. The number of ether oxygens (including phenoxy) is 1. The minimum absolute atomic E-state index is 0.0323. The van der Waals surface area contributed by atoms with Gasteiger partial charge < -0.3 is 10.1 Å². The number of rotatable bonds is 6. The molecule has 1 N–H and O–H groups in total. The van der Waals surface area contributed by atoms with E-state index in [2.05, 4.69) is 10.1 Å². The molecule has 0 heterocycles. The van der Waals surface area contributed by atoms with Gasteiger partial charge in [0.1, 0.15) is 0 Å². The highest BCUT2D eigenvalue weighted by Gasteiger charge is 2.23. The number of carbonyl (C=O) groups is 2. The Hall–Kier alpha value is -1.10. The fraction of sp³-hybridized carbons (Fsp3) is 0.800. The predicted molar refractivity (Wildman–Crippen MR) is 55.3 cm³/mol. The summed E-state index contributed by atoms with van der Waals surface area (Å²) in [5, 5.41) is 2.89. The summed E-state index contributed by atoms with van der Waals surface area (Å²) in [5.74, 6) is -0.214. The number of nitrogens with one attached hydrogen (secondary N) is 1. The van der Waals surface area contributed by atoms with Crippen LogP contribution in [0.15, 0.2) is 0 Å². The van der Waals surface area contributed by atoms with Crippen molar-refractivity contribution in [2.75, 3.05) is 27.2 Å². The van der Waals surface area contributed by atoms with Crippen LogP contribution in [0.2, 0.25) is 0 Å². The first kappa shape index (κ1) is 12.0. The van der Waals surface area contributed by atoms with Gasteiger partial charge in [-0.3, -0.25) is 14.5 Å². The van der Waals surface area contributed by atoms with E-state index in [0.717, 1.165) is 12.8 Å². The maximum Gasteiger partial charge on any atom is 0.306 e. The Morgan fingerprint density at radius 1 is 1.47 bits per heavy atom. The van der Waals surface area contributed by atoms with Gasteiger partial charge in [0.05, 0.1) is 20.1 Å². The van der Waals surface area contributed by atoms with Gasteiger partial charge in [-0.25, -0.2) is 0 Å². The average Bonchev–Trinajstić information content (AvgIpc) is 2.97. The molecule has 0 spiro atoms. The van der Waals surface area contributed by atoms with Crippen LogP contribution in [-0.2, 0) is 14.3 Å². The lowest BCUT2D eigenvalue weighted by molar-refractivity contribution is -0.141. The molecule has 1 rings (SSSR count). The van der Waals surface area contributed by atoms with Crippen molar-refractivity contribution in [2.24, 2.45) is 0 Å². The molecule has 5 nitrogen and oxygen atoms in total. The number of hydrogen-bond acceptors (Lipinski definition) is 4. The summed E-state index contributed by atoms with van der Waals surface area (Å²) >= 11 is 0. The van der Waals surface area contributed by atoms with Gasteiger partial charge in [0.15, 0.2) is 0 Å². The van der Waals surface area contributed by atoms with E-state index in [1.165, 1.54) is 7.11 Å². The monoisotopic (exact) mass is 214 g/mol. The molecule has 0 aromatic heterocycles. The Bertz CT molecular complexity index is 239. The van der Waals surface area contributed by atoms with Crippen LogP contribution in [0, 0.1) is 0 Å². The number of nitrogens with zero attached hydrogens (tertiary/aromatic N) is 1. The lowest BCUT2D eigenvalue weighted by Crippen LogP contribution is -2.37. The van der Waals surface area contributed by atoms with Crippen LogP contribution in [0.1, 0.15) is 19.3 Å². The molecule has 1 saturated carbocycles. The zero-order valence-corrected chi connectivity index (χ0v) is 9.28. The zero-order chi connectivity index (χ0) is 11.3. The molecule has 0 aromatic carbocycles. The second-order valence-electron chi connectivity index (χ2n) is 3.91. The number of hydrogen-bond donors (Lipinski definition) is 1. The van der Waals surface area contributed by atoms with Crippen LogP contribution >= 0.6 is 0 Å². The first-order valence-electron chi connectivity index (χ1n) is 5.16. The summed E-state index contributed by atoms with van der Waals surface area (Å²) in [5.41, 5.74) is 0. The summed E-state index contributed by atoms with van der Waals surface area (Å²) in [6.07, 6.45) is 2.51. The Labute approximate surface area is 89.8 Å². The summed E-state index contributed by atoms with van der Waals surface area (Å²) in [7, 11) is 3.18. The van der Waals surface area contributed by atoms with Crippen molar-refractivity contribution in [2.45, 2.75) is 25.3 Å². The van der Waals surface area contributed by atoms with Crippen LogP contribution in [-0.4, -0.2) is 50.1 Å². The molecule has 0 atom stereocenters. The Kier molecular flexibility index (Phi) is 4.55. The SMILES string of the molecule is COC(=O)CCN(C)CC(=O)NC1CC1. The highest BCUT2D eigenvalue weighted by molar-refractivity contribution is 5.78. The number of methoxy groups -OCH3 is 1. The molecular weight excluding hydrogens is 196 g/mol. The van der Waals surface area contributed by atoms with E-state index in [-0.39, 0.29) is 11.9 Å². The molecule has 1 aliphatic carbocycles. The van der Waals surface area contributed by atoms with Crippen molar-refractivity contribution < 1.29 is 14.3 Å². The second-order valence-corrected chi connectivity index (χ2v) is 3.91. The van der Waals surface area contributed by atoms with Crippen molar-refractivity contribution in [1.29, 1.82) is 0 Å². The van der Waals surface area contributed by atoms with Gasteiger partial charge in [-0.05, 0) is 19.9 Å². The molecule has 0 radical (unpaired) electrons. The number of esters is 1. The van der Waals surface area contributed by atoms with Gasteiger partial charge in [-0.2, -0.15) is 0 Å². The van der Waals surface area contributed by atoms with Crippen molar-refractivity contribution in [3.63, 3.8) is 0 Å². The van der Waals surface area contributed by atoms with Crippen molar-refractivity contribution in [3.05, 3.63) is 0 Å². The summed E-state index contributed by atoms with van der Waals surface area (Å²) in [4.78, 5) is 24.0. The molecule has 0 aliphatic heterocycles. The Balaban J connectivity index is 2.08. The minimum Gasteiger partial charge on any atom is -0.469 e. The Morgan fingerprint density at radius 3 is 2.67 bits per heavy atom. The summed E-state index contributed by atoms with van der Waals surface area (Å²) < 4.78 is 4.51. The van der Waals surface area contributed by atoms with E-state index >= 15 is 0 Å². The van der Waals surface area contributed by atoms with Crippen molar-refractivity contribution in [1.82, 2.24) is 10.2 Å². The van der Waals surface area contributed by atoms with Gasteiger partial charge >= 0.3 is 5.97 Å². The third-order valence-corrected chi connectivity index (χ3v) is 2.28. The van der Waals surface area contributed by atoms with Crippen molar-refractivity contribution in [3.8, 4) is 0 Å². The van der Waals surface area contributed by atoms with Gasteiger partial charge in [0.25, 0.3) is 0 Å². The molecule has 1 amide bonds. The van der Waals surface area contributed by atoms with Crippen LogP contribution in [0.3, 0.4) is 0 Å². The number of likely N-dealkylation sites (N-methyl/N-ethyl adjacent to an activating group) is 1. The standard InChI is InChI=1S/C10H18N2O3/c1-12(6-5-10(14)15-2)7-9(13)11-8-3-4-8/h8H,3-7H2,1-2H3,(H,11,13). The van der Waals surface area contributed by atoms with E-state index in [0.29, 0.717) is 25.6 Å². The first-order chi connectivity index (χ1) is 7.11. The average molecular weight is 214 g/mol. The Morgan fingerprint density at radius 2 is 2.13 bits per heavy atom. The molecular formula is C10H18N2O3. The lowest BCUT2D eigenvalue weighted by atomic mass is 10.4. The highest BCUT2D eigenvalue weighted by Crippen LogP contribution is 2.18. The fourth-order valence-electron chi connectivity index (χ4n) is 1.21. The van der Waals surface area contributed by atoms with E-state index in [9.17, 15) is 9.59 Å². The van der Waals surface area contributed by atoms with Gasteiger partial charge in [-0.15, -0.1) is 0 Å². The summed E-state index contributed by atoms with van der Waals surface area (Å²) in [6.45, 7) is 0.887. The first-order valence-corrected chi connectivity index (χ1v) is 5.16. The third kappa shape index (κ3) is 5.37. The molecule has 0 aromatic rings. The van der Waals surface area contributed by atoms with Gasteiger partial charge in [0.2, 0.25) is 5.91 Å². The molecule has 1 aliphatic rings. The maximum atomic E-state index is 11.3. The maximum absolute atomic E-state index is 11.3. The summed E-state index contributed by atoms with van der Waals surface area (Å²) in [6, 6.07) is 0.395. The van der Waals surface area contributed by atoms with Crippen LogP contribution in [0.5, 0.6) is 0 Å². The quantitative estimate of drug-likeness (QED) is 0.620. The zero-order valence-electron chi connectivity index (χ0n) is 9.28. The van der Waals surface area contributed by atoms with E-state index in [1.54, 1.807) is 0 Å². The molecule has 1 fully saturated rings. The predicted octanol–water partition coefficient (Wildman–Crippen LogP) is -0.240. The fourth-order valence-corrected chi connectivity index (χ4v) is 1.21. The van der Waals surface area contributed by atoms with Crippen LogP contribution in [0.25, 0.3) is 0 Å².